The van der Waals surface area contributed by atoms with Crippen LogP contribution in [0.15, 0.2) is 64.4 Å². The van der Waals surface area contributed by atoms with Gasteiger partial charge in [-0.25, -0.2) is 9.59 Å². The average Bonchev–Trinajstić information content (AvgIpc) is 2.85. The minimum absolute atomic E-state index is 0.0823. The lowest BCUT2D eigenvalue weighted by Gasteiger charge is -2.23. The molecule has 1 aromatic carbocycles. The van der Waals surface area contributed by atoms with Crippen molar-refractivity contribution in [2.75, 3.05) is 19.1 Å². The number of aryl methyl sites for hydroxylation is 1. The number of allylic oxidation sites excluding steroid dienone is 2. The fraction of sp³-hybridized carbons (Fsp3) is 0.158. The molecule has 0 bridgehead atoms. The quantitative estimate of drug-likeness (QED) is 0.800. The summed E-state index contributed by atoms with van der Waals surface area (Å²) in [6, 6.07) is 7.40. The molecule has 128 valence electrons. The maximum Gasteiger partial charge on any atom is 0.355 e. The van der Waals surface area contributed by atoms with E-state index in [1.165, 1.54) is 20.3 Å². The summed E-state index contributed by atoms with van der Waals surface area (Å²) in [6.45, 7) is 1.87. The van der Waals surface area contributed by atoms with Crippen molar-refractivity contribution in [2.45, 2.75) is 6.92 Å². The molecule has 0 unspecified atom stereocenters. The van der Waals surface area contributed by atoms with Crippen LogP contribution in [0.5, 0.6) is 0 Å². The van der Waals surface area contributed by atoms with Gasteiger partial charge in [-0.05, 0) is 43.3 Å². The van der Waals surface area contributed by atoms with Crippen LogP contribution in [-0.4, -0.2) is 26.2 Å². The average molecular weight is 339 g/mol. The number of fused-ring (bicyclic) bond motifs is 1. The third-order valence-electron chi connectivity index (χ3n) is 3.79. The molecule has 3 rings (SSSR count). The number of carbonyl (C=O) groups is 2. The van der Waals surface area contributed by atoms with Gasteiger partial charge >= 0.3 is 11.9 Å². The fourth-order valence-corrected chi connectivity index (χ4v) is 2.68. The van der Waals surface area contributed by atoms with Gasteiger partial charge in [-0.3, -0.25) is 0 Å². The van der Waals surface area contributed by atoms with Crippen LogP contribution in [0.3, 0.4) is 0 Å². The highest BCUT2D eigenvalue weighted by atomic mass is 16.5. The monoisotopic (exact) mass is 339 g/mol. The van der Waals surface area contributed by atoms with E-state index in [9.17, 15) is 9.59 Å². The molecule has 1 aromatic heterocycles. The van der Waals surface area contributed by atoms with Crippen molar-refractivity contribution in [1.82, 2.24) is 0 Å². The van der Waals surface area contributed by atoms with Crippen LogP contribution in [0, 0.1) is 6.92 Å². The predicted octanol–water partition coefficient (Wildman–Crippen LogP) is 3.23. The molecule has 1 aliphatic heterocycles. The van der Waals surface area contributed by atoms with Gasteiger partial charge in [0.05, 0.1) is 19.8 Å². The number of anilines is 1. The van der Waals surface area contributed by atoms with E-state index in [1.54, 1.807) is 29.3 Å². The summed E-state index contributed by atoms with van der Waals surface area (Å²) in [6.07, 6.45) is 6.60. The molecule has 0 radical (unpaired) electrons. The second-order valence-electron chi connectivity index (χ2n) is 5.40. The molecule has 2 heterocycles. The second-order valence-corrected chi connectivity index (χ2v) is 5.40. The molecule has 6 heteroatoms. The van der Waals surface area contributed by atoms with E-state index < -0.39 is 11.9 Å². The third kappa shape index (κ3) is 3.06. The van der Waals surface area contributed by atoms with Crippen LogP contribution in [0.2, 0.25) is 0 Å². The Morgan fingerprint density at radius 2 is 1.80 bits per heavy atom. The van der Waals surface area contributed by atoms with Gasteiger partial charge in [0.25, 0.3) is 0 Å². The first-order chi connectivity index (χ1) is 12.0. The number of esters is 2. The van der Waals surface area contributed by atoms with Gasteiger partial charge in [-0.1, -0.05) is 6.08 Å². The first-order valence-electron chi connectivity index (χ1n) is 7.60. The summed E-state index contributed by atoms with van der Waals surface area (Å²) in [7, 11) is 2.53. The van der Waals surface area contributed by atoms with Crippen molar-refractivity contribution >= 4 is 28.6 Å². The number of hydrogen-bond donors (Lipinski definition) is 0. The van der Waals surface area contributed by atoms with Gasteiger partial charge in [-0.15, -0.1) is 0 Å². The lowest BCUT2D eigenvalue weighted by Crippen LogP contribution is -2.26. The molecule has 0 saturated heterocycles. The molecule has 0 saturated carbocycles. The molecule has 0 amide bonds. The third-order valence-corrected chi connectivity index (χ3v) is 3.79. The zero-order chi connectivity index (χ0) is 18.0. The van der Waals surface area contributed by atoms with Crippen LogP contribution in [0.25, 0.3) is 11.0 Å². The van der Waals surface area contributed by atoms with Crippen molar-refractivity contribution in [3.8, 4) is 0 Å². The summed E-state index contributed by atoms with van der Waals surface area (Å²) in [5, 5.41) is 0.893. The molecule has 0 N–H and O–H groups in total. The maximum atomic E-state index is 12.4. The number of furan rings is 1. The van der Waals surface area contributed by atoms with Crippen molar-refractivity contribution in [1.29, 1.82) is 0 Å². The topological polar surface area (TPSA) is 69.0 Å². The van der Waals surface area contributed by atoms with Gasteiger partial charge in [-0.2, -0.15) is 0 Å². The van der Waals surface area contributed by atoms with Crippen LogP contribution in [0.1, 0.15) is 5.76 Å². The number of hydrogen-bond acceptors (Lipinski definition) is 6. The lowest BCUT2D eigenvalue weighted by atomic mass is 10.1. The molecule has 1 aliphatic rings. The van der Waals surface area contributed by atoms with E-state index >= 15 is 0 Å². The maximum absolute atomic E-state index is 12.4. The van der Waals surface area contributed by atoms with Crippen molar-refractivity contribution in [3.05, 3.63) is 65.7 Å². The number of carbonyl (C=O) groups excluding carboxylic acids is 2. The Labute approximate surface area is 144 Å². The van der Waals surface area contributed by atoms with E-state index in [1.807, 2.05) is 25.1 Å². The highest BCUT2D eigenvalue weighted by Crippen LogP contribution is 2.30. The molecule has 6 nitrogen and oxygen atoms in total. The Morgan fingerprint density at radius 3 is 2.52 bits per heavy atom. The van der Waals surface area contributed by atoms with Crippen molar-refractivity contribution < 1.29 is 23.5 Å². The van der Waals surface area contributed by atoms with Gasteiger partial charge in [0.1, 0.15) is 17.0 Å². The van der Waals surface area contributed by atoms with E-state index in [4.69, 9.17) is 13.9 Å². The zero-order valence-electron chi connectivity index (χ0n) is 14.1. The molecular formula is C19H17NO5. The summed E-state index contributed by atoms with van der Waals surface area (Å²) < 4.78 is 15.3. The molecule has 25 heavy (non-hydrogen) atoms. The fourth-order valence-electron chi connectivity index (χ4n) is 2.68. The van der Waals surface area contributed by atoms with Gasteiger partial charge in [0.2, 0.25) is 0 Å². The van der Waals surface area contributed by atoms with Gasteiger partial charge in [0, 0.05) is 17.3 Å². The SMILES string of the molecule is COC(=O)C1=C(C(=O)OC)N(c2ccc3oc(C)cc3c2)C=CC=C1. The molecular weight excluding hydrogens is 322 g/mol. The van der Waals surface area contributed by atoms with Crippen LogP contribution in [-0.2, 0) is 19.1 Å². The highest BCUT2D eigenvalue weighted by molar-refractivity contribution is 6.05. The summed E-state index contributed by atoms with van der Waals surface area (Å²) in [4.78, 5) is 26.1. The lowest BCUT2D eigenvalue weighted by molar-refractivity contribution is -0.139. The predicted molar refractivity (Wildman–Crippen MR) is 92.8 cm³/mol. The van der Waals surface area contributed by atoms with Crippen LogP contribution >= 0.6 is 0 Å². The first kappa shape index (κ1) is 16.6. The largest absolute Gasteiger partial charge is 0.465 e. The highest BCUT2D eigenvalue weighted by Gasteiger charge is 2.27. The second kappa shape index (κ2) is 6.68. The number of nitrogens with zero attached hydrogens (tertiary/aromatic N) is 1. The molecule has 0 atom stereocenters. The Balaban J connectivity index is 2.18. The van der Waals surface area contributed by atoms with Crippen LogP contribution < -0.4 is 4.90 Å². The van der Waals surface area contributed by atoms with Crippen molar-refractivity contribution in [3.63, 3.8) is 0 Å². The number of methoxy groups -OCH3 is 2. The Hall–Kier alpha value is -3.28. The molecule has 0 aliphatic carbocycles. The van der Waals surface area contributed by atoms with Crippen LogP contribution in [0.4, 0.5) is 5.69 Å². The van der Waals surface area contributed by atoms with Gasteiger partial charge < -0.3 is 18.8 Å². The number of ether oxygens (including phenoxy) is 2. The van der Waals surface area contributed by atoms with E-state index in [2.05, 4.69) is 0 Å². The number of benzene rings is 1. The summed E-state index contributed by atoms with van der Waals surface area (Å²) in [5.74, 6) is -0.468. The van der Waals surface area contributed by atoms with E-state index in [0.29, 0.717) is 5.69 Å². The first-order valence-corrected chi connectivity index (χ1v) is 7.60. The smallest absolute Gasteiger partial charge is 0.355 e. The normalized spacial score (nSPS) is 14.0. The number of rotatable bonds is 3. The molecule has 2 aromatic rings. The summed E-state index contributed by atoms with van der Waals surface area (Å²) >= 11 is 0. The standard InChI is InChI=1S/C19H17NO5/c1-12-10-13-11-14(7-8-16(13)25-12)20-9-5-4-6-15(18(21)23-2)17(20)19(22)24-3/h4-11H,1-3H3. The summed E-state index contributed by atoms with van der Waals surface area (Å²) in [5.41, 5.74) is 1.63. The van der Waals surface area contributed by atoms with Gasteiger partial charge in [0.15, 0.2) is 0 Å². The Kier molecular flexibility index (Phi) is 4.43. The van der Waals surface area contributed by atoms with E-state index in [-0.39, 0.29) is 11.3 Å². The minimum Gasteiger partial charge on any atom is -0.465 e. The Bertz CT molecular complexity index is 932. The molecule has 0 fully saturated rings. The zero-order valence-corrected chi connectivity index (χ0v) is 14.1. The minimum atomic E-state index is -0.639. The Morgan fingerprint density at radius 1 is 1.04 bits per heavy atom. The molecule has 0 spiro atoms. The van der Waals surface area contributed by atoms with E-state index in [0.717, 1.165) is 16.7 Å². The van der Waals surface area contributed by atoms with Crippen molar-refractivity contribution in [2.24, 2.45) is 0 Å².